The Morgan fingerprint density at radius 3 is 2.96 bits per heavy atom. The quantitative estimate of drug-likeness (QED) is 0.677. The first-order valence-corrected chi connectivity index (χ1v) is 8.52. The molecule has 1 amide bonds. The molecule has 3 rings (SSSR count). The molecule has 0 saturated carbocycles. The molecule has 23 heavy (non-hydrogen) atoms. The fraction of sp³-hybridized carbons (Fsp3) is 0.312. The first kappa shape index (κ1) is 16.0. The van der Waals surface area contributed by atoms with Crippen LogP contribution in [-0.4, -0.2) is 23.5 Å². The summed E-state index contributed by atoms with van der Waals surface area (Å²) in [6.45, 7) is -0.355. The number of nitrogens with zero attached hydrogens (tertiary/aromatic N) is 1. The maximum atomic E-state index is 12.1. The van der Waals surface area contributed by atoms with E-state index in [1.54, 1.807) is 12.1 Å². The van der Waals surface area contributed by atoms with Crippen LogP contribution in [-0.2, 0) is 22.4 Å². The van der Waals surface area contributed by atoms with Crippen LogP contribution in [0.3, 0.4) is 0 Å². The van der Waals surface area contributed by atoms with E-state index in [0.29, 0.717) is 10.6 Å². The normalized spacial score (nSPS) is 13.3. The van der Waals surface area contributed by atoms with Crippen LogP contribution in [0.25, 0.3) is 0 Å². The summed E-state index contributed by atoms with van der Waals surface area (Å²) in [6, 6.07) is 5.17. The number of rotatable bonds is 4. The van der Waals surface area contributed by atoms with Crippen molar-refractivity contribution in [3.05, 3.63) is 44.9 Å². The lowest BCUT2D eigenvalue weighted by Crippen LogP contribution is -2.20. The molecule has 1 aliphatic rings. The van der Waals surface area contributed by atoms with Gasteiger partial charge < -0.3 is 10.1 Å². The van der Waals surface area contributed by atoms with Crippen molar-refractivity contribution < 1.29 is 14.3 Å². The maximum absolute atomic E-state index is 12.1. The first-order valence-electron chi connectivity index (χ1n) is 7.32. The monoisotopic (exact) mass is 350 g/mol. The van der Waals surface area contributed by atoms with Crippen molar-refractivity contribution in [3.63, 3.8) is 0 Å². The lowest BCUT2D eigenvalue weighted by molar-refractivity contribution is -0.119. The molecule has 7 heteroatoms. The van der Waals surface area contributed by atoms with Crippen molar-refractivity contribution in [1.82, 2.24) is 4.98 Å². The van der Waals surface area contributed by atoms with Crippen molar-refractivity contribution >= 4 is 40.5 Å². The number of amides is 1. The zero-order chi connectivity index (χ0) is 16.2. The lowest BCUT2D eigenvalue weighted by atomic mass is 9.99. The second-order valence-electron chi connectivity index (χ2n) is 5.23. The fourth-order valence-corrected chi connectivity index (χ4v) is 3.77. The number of aromatic nitrogens is 1. The van der Waals surface area contributed by atoms with E-state index in [9.17, 15) is 9.59 Å². The Balaban J connectivity index is 1.55. The smallest absolute Gasteiger partial charge is 0.348 e. The summed E-state index contributed by atoms with van der Waals surface area (Å²) in [4.78, 5) is 29.6. The summed E-state index contributed by atoms with van der Waals surface area (Å²) in [5.41, 5.74) is 1.63. The molecule has 2 aromatic rings. The predicted octanol–water partition coefficient (Wildman–Crippen LogP) is 3.47. The fourth-order valence-electron chi connectivity index (χ4n) is 2.46. The third-order valence-electron chi connectivity index (χ3n) is 3.57. The van der Waals surface area contributed by atoms with E-state index >= 15 is 0 Å². The minimum absolute atomic E-state index is 0.193. The molecule has 5 nitrogen and oxygen atoms in total. The van der Waals surface area contributed by atoms with Gasteiger partial charge in [-0.3, -0.25) is 4.79 Å². The van der Waals surface area contributed by atoms with Crippen LogP contribution in [0.2, 0.25) is 5.15 Å². The maximum Gasteiger partial charge on any atom is 0.348 e. The summed E-state index contributed by atoms with van der Waals surface area (Å²) in [6.07, 6.45) is 5.88. The van der Waals surface area contributed by atoms with Crippen LogP contribution in [0.5, 0.6) is 0 Å². The molecule has 0 aliphatic heterocycles. The van der Waals surface area contributed by atoms with Gasteiger partial charge in [0.15, 0.2) is 11.8 Å². The van der Waals surface area contributed by atoms with Gasteiger partial charge in [0.1, 0.15) is 4.88 Å². The largest absolute Gasteiger partial charge is 0.451 e. The van der Waals surface area contributed by atoms with Crippen LogP contribution in [0.4, 0.5) is 5.69 Å². The molecule has 120 valence electrons. The van der Waals surface area contributed by atoms with Gasteiger partial charge in [0.25, 0.3) is 5.91 Å². The Morgan fingerprint density at radius 1 is 1.35 bits per heavy atom. The number of halogens is 1. The highest BCUT2D eigenvalue weighted by Gasteiger charge is 2.19. The molecule has 1 aliphatic carbocycles. The van der Waals surface area contributed by atoms with Gasteiger partial charge in [0.05, 0.1) is 5.69 Å². The molecule has 0 unspecified atom stereocenters. The number of esters is 1. The molecule has 0 aromatic carbocycles. The van der Waals surface area contributed by atoms with Gasteiger partial charge in [-0.2, -0.15) is 0 Å². The highest BCUT2D eigenvalue weighted by atomic mass is 35.5. The number of carbonyl (C=O) groups is 2. The average Bonchev–Trinajstić information content (AvgIpc) is 2.99. The van der Waals surface area contributed by atoms with E-state index in [1.807, 2.05) is 6.07 Å². The zero-order valence-corrected chi connectivity index (χ0v) is 13.9. The van der Waals surface area contributed by atoms with E-state index in [-0.39, 0.29) is 11.8 Å². The van der Waals surface area contributed by atoms with E-state index in [4.69, 9.17) is 16.3 Å². The van der Waals surface area contributed by atoms with Crippen molar-refractivity contribution in [3.8, 4) is 0 Å². The SMILES string of the molecule is O=C(COC(=O)c1cc2c(s1)CCCC2)Nc1cccnc1Cl. The molecule has 1 N–H and O–H groups in total. The Labute approximate surface area is 142 Å². The van der Waals surface area contributed by atoms with E-state index in [1.165, 1.54) is 28.0 Å². The summed E-state index contributed by atoms with van der Waals surface area (Å²) < 4.78 is 5.08. The number of carbonyl (C=O) groups excluding carboxylic acids is 2. The number of pyridine rings is 1. The zero-order valence-electron chi connectivity index (χ0n) is 12.3. The highest BCUT2D eigenvalue weighted by molar-refractivity contribution is 7.14. The Bertz CT molecular complexity index is 721. The number of hydrogen-bond donors (Lipinski definition) is 1. The third-order valence-corrected chi connectivity index (χ3v) is 5.08. The van der Waals surface area contributed by atoms with Gasteiger partial charge in [-0.15, -0.1) is 11.3 Å². The molecular weight excluding hydrogens is 336 g/mol. The molecule has 0 atom stereocenters. The Hall–Kier alpha value is -1.92. The molecule has 0 saturated heterocycles. The number of aryl methyl sites for hydroxylation is 2. The third kappa shape index (κ3) is 3.89. The van der Waals surface area contributed by atoms with E-state index in [2.05, 4.69) is 10.3 Å². The van der Waals surface area contributed by atoms with Crippen LogP contribution < -0.4 is 5.32 Å². The van der Waals surface area contributed by atoms with Crippen LogP contribution in [0, 0.1) is 0 Å². The molecule has 0 bridgehead atoms. The van der Waals surface area contributed by atoms with Crippen molar-refractivity contribution in [2.24, 2.45) is 0 Å². The topological polar surface area (TPSA) is 68.3 Å². The second kappa shape index (κ2) is 7.10. The Kier molecular flexibility index (Phi) is 4.93. The minimum atomic E-state index is -0.461. The molecule has 0 fully saturated rings. The number of fused-ring (bicyclic) bond motifs is 1. The van der Waals surface area contributed by atoms with Crippen LogP contribution >= 0.6 is 22.9 Å². The summed E-state index contributed by atoms with van der Waals surface area (Å²) in [7, 11) is 0. The molecule has 2 heterocycles. The molecule has 0 radical (unpaired) electrons. The summed E-state index contributed by atoms with van der Waals surface area (Å²) in [5, 5.41) is 2.75. The van der Waals surface area contributed by atoms with Crippen molar-refractivity contribution in [2.45, 2.75) is 25.7 Å². The van der Waals surface area contributed by atoms with Gasteiger partial charge in [0.2, 0.25) is 0 Å². The molecular formula is C16H15ClN2O3S. The summed E-state index contributed by atoms with van der Waals surface area (Å²) in [5.74, 6) is -0.911. The molecule has 0 spiro atoms. The minimum Gasteiger partial charge on any atom is -0.451 e. The number of hydrogen-bond acceptors (Lipinski definition) is 5. The van der Waals surface area contributed by atoms with Gasteiger partial charge in [0, 0.05) is 11.1 Å². The number of thiophene rings is 1. The lowest BCUT2D eigenvalue weighted by Gasteiger charge is -2.08. The van der Waals surface area contributed by atoms with Gasteiger partial charge in [-0.1, -0.05) is 11.6 Å². The first-order chi connectivity index (χ1) is 11.1. The van der Waals surface area contributed by atoms with E-state index in [0.717, 1.165) is 25.7 Å². The van der Waals surface area contributed by atoms with Gasteiger partial charge in [-0.05, 0) is 49.4 Å². The molecule has 2 aromatic heterocycles. The predicted molar refractivity (Wildman–Crippen MR) is 89.1 cm³/mol. The van der Waals surface area contributed by atoms with Crippen LogP contribution in [0.15, 0.2) is 24.4 Å². The summed E-state index contributed by atoms with van der Waals surface area (Å²) >= 11 is 7.32. The van der Waals surface area contributed by atoms with Crippen molar-refractivity contribution in [1.29, 1.82) is 0 Å². The second-order valence-corrected chi connectivity index (χ2v) is 6.73. The number of nitrogens with one attached hydrogen (secondary N) is 1. The van der Waals surface area contributed by atoms with E-state index < -0.39 is 11.9 Å². The van der Waals surface area contributed by atoms with Gasteiger partial charge >= 0.3 is 5.97 Å². The highest BCUT2D eigenvalue weighted by Crippen LogP contribution is 2.30. The standard InChI is InChI=1S/C16H15ClN2O3S/c17-15-11(5-3-7-18-15)19-14(20)9-22-16(21)13-8-10-4-1-2-6-12(10)23-13/h3,5,7-8H,1-2,4,6,9H2,(H,19,20). The van der Waals surface area contributed by atoms with Gasteiger partial charge in [-0.25, -0.2) is 9.78 Å². The van der Waals surface area contributed by atoms with Crippen LogP contribution in [0.1, 0.15) is 33.0 Å². The number of anilines is 1. The van der Waals surface area contributed by atoms with Crippen molar-refractivity contribution in [2.75, 3.05) is 11.9 Å². The number of ether oxygens (including phenoxy) is 1. The average molecular weight is 351 g/mol. The Morgan fingerprint density at radius 2 is 2.17 bits per heavy atom.